The molecule has 0 saturated carbocycles. The number of carbonyl (C=O) groups is 2. The Morgan fingerprint density at radius 3 is 2.74 bits per heavy atom. The number of urea groups is 1. The van der Waals surface area contributed by atoms with Crippen molar-refractivity contribution >= 4 is 30.0 Å². The minimum atomic E-state index is -1.28. The maximum Gasteiger partial charge on any atom is 0.322 e. The van der Waals surface area contributed by atoms with E-state index in [9.17, 15) is 14.0 Å². The van der Waals surface area contributed by atoms with Gasteiger partial charge in [-0.25, -0.2) is 9.18 Å². The molecule has 8 heteroatoms. The van der Waals surface area contributed by atoms with E-state index in [-0.39, 0.29) is 42.4 Å². The average Bonchev–Trinajstić information content (AvgIpc) is 2.56. The highest BCUT2D eigenvalue weighted by atomic mass is 35.5. The van der Waals surface area contributed by atoms with Gasteiger partial charge in [-0.05, 0) is 6.07 Å². The summed E-state index contributed by atoms with van der Waals surface area (Å²) >= 11 is 0. The Balaban J connectivity index is 0.00000133. The van der Waals surface area contributed by atoms with Crippen LogP contribution in [-0.2, 0) is 10.3 Å². The van der Waals surface area contributed by atoms with Gasteiger partial charge in [-0.15, -0.1) is 12.4 Å². The third-order valence-electron chi connectivity index (χ3n) is 3.21. The molecule has 3 rings (SSSR count). The summed E-state index contributed by atoms with van der Waals surface area (Å²) in [6.45, 7) is 0.219. The summed E-state index contributed by atoms with van der Waals surface area (Å²) in [6.07, 6.45) is 0.237. The highest BCUT2D eigenvalue weighted by Gasteiger charge is 2.51. The third-order valence-corrected chi connectivity index (χ3v) is 3.21. The number of fused-ring (bicyclic) bond motifs is 2. The molecule has 19 heavy (non-hydrogen) atoms. The van der Waals surface area contributed by atoms with Crippen LogP contribution in [0, 0.1) is 5.82 Å². The van der Waals surface area contributed by atoms with E-state index in [1.807, 2.05) is 0 Å². The Bertz CT molecular complexity index is 581. The van der Waals surface area contributed by atoms with Crippen molar-refractivity contribution in [2.24, 2.45) is 0 Å². The average molecular weight is 288 g/mol. The molecule has 1 spiro atoms. The first-order valence-electron chi connectivity index (χ1n) is 5.39. The molecule has 2 heterocycles. The van der Waals surface area contributed by atoms with Gasteiger partial charge in [-0.1, -0.05) is 0 Å². The predicted molar refractivity (Wildman–Crippen MR) is 66.5 cm³/mol. The van der Waals surface area contributed by atoms with Gasteiger partial charge in [0.25, 0.3) is 5.91 Å². The molecular formula is C11H11ClFN3O3. The number of carbonyl (C=O) groups excluding carboxylic acids is 2. The highest BCUT2D eigenvalue weighted by Crippen LogP contribution is 2.42. The number of nitrogens with two attached hydrogens (primary N) is 1. The largest absolute Gasteiger partial charge is 0.491 e. The first kappa shape index (κ1) is 13.4. The summed E-state index contributed by atoms with van der Waals surface area (Å²) in [5.74, 6) is -0.841. The van der Waals surface area contributed by atoms with Gasteiger partial charge >= 0.3 is 6.03 Å². The zero-order chi connectivity index (χ0) is 12.9. The van der Waals surface area contributed by atoms with Gasteiger partial charge in [0.15, 0.2) is 5.54 Å². The molecule has 1 aromatic rings. The molecule has 6 nitrogen and oxygen atoms in total. The molecule has 0 aromatic heterocycles. The van der Waals surface area contributed by atoms with Gasteiger partial charge in [0.1, 0.15) is 11.6 Å². The van der Waals surface area contributed by atoms with Crippen molar-refractivity contribution in [1.82, 2.24) is 10.6 Å². The Kier molecular flexibility index (Phi) is 3.01. The quantitative estimate of drug-likeness (QED) is 0.482. The summed E-state index contributed by atoms with van der Waals surface area (Å²) in [6, 6.07) is 1.68. The van der Waals surface area contributed by atoms with Crippen LogP contribution in [0.1, 0.15) is 12.0 Å². The normalized spacial score (nSPS) is 24.1. The number of rotatable bonds is 0. The van der Waals surface area contributed by atoms with Crippen LogP contribution in [0.4, 0.5) is 14.9 Å². The summed E-state index contributed by atoms with van der Waals surface area (Å²) in [7, 11) is 0. The van der Waals surface area contributed by atoms with Crippen molar-refractivity contribution in [3.63, 3.8) is 0 Å². The lowest BCUT2D eigenvalue weighted by Gasteiger charge is -2.33. The molecule has 102 valence electrons. The summed E-state index contributed by atoms with van der Waals surface area (Å²) in [5, 5.41) is 4.68. The van der Waals surface area contributed by atoms with Crippen LogP contribution in [0.3, 0.4) is 0 Å². The van der Waals surface area contributed by atoms with Gasteiger partial charge in [0, 0.05) is 18.1 Å². The Labute approximate surface area is 113 Å². The molecule has 3 amide bonds. The Hall–Kier alpha value is -2.02. The topological polar surface area (TPSA) is 93.4 Å². The van der Waals surface area contributed by atoms with Crippen LogP contribution in [0.2, 0.25) is 0 Å². The second-order valence-corrected chi connectivity index (χ2v) is 4.28. The fourth-order valence-corrected chi connectivity index (χ4v) is 2.39. The van der Waals surface area contributed by atoms with E-state index >= 15 is 0 Å². The summed E-state index contributed by atoms with van der Waals surface area (Å²) in [5.41, 5.74) is 4.76. The van der Waals surface area contributed by atoms with Crippen molar-refractivity contribution in [3.8, 4) is 5.75 Å². The van der Waals surface area contributed by atoms with Gasteiger partial charge in [0.2, 0.25) is 0 Å². The van der Waals surface area contributed by atoms with Gasteiger partial charge < -0.3 is 15.8 Å². The minimum Gasteiger partial charge on any atom is -0.491 e. The Morgan fingerprint density at radius 2 is 2.11 bits per heavy atom. The van der Waals surface area contributed by atoms with Gasteiger partial charge in [-0.2, -0.15) is 0 Å². The molecule has 0 bridgehead atoms. The Morgan fingerprint density at radius 1 is 1.37 bits per heavy atom. The molecular weight excluding hydrogens is 277 g/mol. The lowest BCUT2D eigenvalue weighted by Crippen LogP contribution is -2.47. The second kappa shape index (κ2) is 4.27. The standard InChI is InChI=1S/C11H10FN3O3.ClH/c12-5-3-6-8(7(13)4-5)18-2-1-11(6)9(16)14-10(17)15-11;/h3-4H,1-2,13H2,(H2,14,15,16,17);1H/t11-;/m0./s1. The smallest absolute Gasteiger partial charge is 0.322 e. The number of halogens is 2. The van der Waals surface area contributed by atoms with Gasteiger partial charge in [0.05, 0.1) is 12.3 Å². The maximum absolute atomic E-state index is 13.4. The second-order valence-electron chi connectivity index (χ2n) is 4.28. The van der Waals surface area contributed by atoms with Crippen LogP contribution in [-0.4, -0.2) is 18.5 Å². The molecule has 0 radical (unpaired) electrons. The predicted octanol–water partition coefficient (Wildman–Crippen LogP) is 0.647. The first-order chi connectivity index (χ1) is 8.53. The molecule has 2 aliphatic rings. The van der Waals surface area contributed by atoms with Gasteiger partial charge in [-0.3, -0.25) is 10.1 Å². The van der Waals surface area contributed by atoms with Crippen LogP contribution in [0.5, 0.6) is 5.75 Å². The van der Waals surface area contributed by atoms with Crippen molar-refractivity contribution < 1.29 is 18.7 Å². The summed E-state index contributed by atoms with van der Waals surface area (Å²) < 4.78 is 18.8. The molecule has 2 aliphatic heterocycles. The van der Waals surface area contributed by atoms with E-state index < -0.39 is 23.3 Å². The lowest BCUT2D eigenvalue weighted by atomic mass is 9.84. The number of benzene rings is 1. The van der Waals surface area contributed by atoms with Crippen LogP contribution < -0.4 is 21.1 Å². The van der Waals surface area contributed by atoms with Crippen molar-refractivity contribution in [3.05, 3.63) is 23.5 Å². The van der Waals surface area contributed by atoms with E-state index in [2.05, 4.69) is 10.6 Å². The van der Waals surface area contributed by atoms with Crippen LogP contribution >= 0.6 is 12.4 Å². The fourth-order valence-electron chi connectivity index (χ4n) is 2.39. The summed E-state index contributed by atoms with van der Waals surface area (Å²) in [4.78, 5) is 23.2. The van der Waals surface area contributed by atoms with E-state index in [1.165, 1.54) is 0 Å². The number of nitrogen functional groups attached to an aromatic ring is 1. The number of imide groups is 1. The molecule has 4 N–H and O–H groups in total. The maximum atomic E-state index is 13.4. The van der Waals surface area contributed by atoms with Crippen molar-refractivity contribution in [1.29, 1.82) is 0 Å². The van der Waals surface area contributed by atoms with Crippen molar-refractivity contribution in [2.45, 2.75) is 12.0 Å². The number of amides is 3. The van der Waals surface area contributed by atoms with E-state index in [1.54, 1.807) is 0 Å². The number of nitrogens with one attached hydrogen (secondary N) is 2. The minimum absolute atomic E-state index is 0. The molecule has 1 atom stereocenters. The monoisotopic (exact) mass is 287 g/mol. The van der Waals surface area contributed by atoms with E-state index in [0.717, 1.165) is 12.1 Å². The zero-order valence-corrected chi connectivity index (χ0v) is 10.5. The fraction of sp³-hybridized carbons (Fsp3) is 0.273. The van der Waals surface area contributed by atoms with Crippen LogP contribution in [0.15, 0.2) is 12.1 Å². The third kappa shape index (κ3) is 1.77. The molecule has 1 aromatic carbocycles. The van der Waals surface area contributed by atoms with E-state index in [0.29, 0.717) is 0 Å². The number of hydrogen-bond donors (Lipinski definition) is 3. The highest BCUT2D eigenvalue weighted by molar-refractivity contribution is 6.08. The number of ether oxygens (including phenoxy) is 1. The van der Waals surface area contributed by atoms with Crippen LogP contribution in [0.25, 0.3) is 0 Å². The first-order valence-corrected chi connectivity index (χ1v) is 5.39. The zero-order valence-electron chi connectivity index (χ0n) is 9.66. The number of hydrogen-bond acceptors (Lipinski definition) is 4. The SMILES string of the molecule is Cl.Nc1cc(F)cc2c1OCC[C@]21NC(=O)NC1=O. The number of anilines is 1. The molecule has 1 fully saturated rings. The van der Waals surface area contributed by atoms with Crippen molar-refractivity contribution in [2.75, 3.05) is 12.3 Å². The molecule has 1 saturated heterocycles. The molecule has 0 aliphatic carbocycles. The van der Waals surface area contributed by atoms with E-state index in [4.69, 9.17) is 10.5 Å². The lowest BCUT2D eigenvalue weighted by molar-refractivity contribution is -0.125. The molecule has 0 unspecified atom stereocenters.